The average Bonchev–Trinajstić information content (AvgIpc) is 2.98. The van der Waals surface area contributed by atoms with Crippen LogP contribution in [0.4, 0.5) is 18.0 Å². The number of pyridine rings is 1. The summed E-state index contributed by atoms with van der Waals surface area (Å²) in [6, 6.07) is 11.1. The Balaban J connectivity index is 1.48. The van der Waals surface area contributed by atoms with E-state index in [9.17, 15) is 23.1 Å². The Morgan fingerprint density at radius 2 is 1.83 bits per heavy atom. The van der Waals surface area contributed by atoms with Gasteiger partial charge in [-0.1, -0.05) is 30.3 Å². The first-order valence-electron chi connectivity index (χ1n) is 9.51. The van der Waals surface area contributed by atoms with E-state index in [1.54, 1.807) is 4.90 Å². The molecule has 8 heteroatoms. The Bertz CT molecular complexity index is 874. The van der Waals surface area contributed by atoms with Crippen molar-refractivity contribution in [2.45, 2.75) is 56.2 Å². The predicted octanol–water partition coefficient (Wildman–Crippen LogP) is 4.25. The topological polar surface area (TPSA) is 62.7 Å². The molecular formula is C21H21F3N2O3. The number of nitrogens with zero attached hydrogens (tertiary/aromatic N) is 2. The number of aliphatic hydroxyl groups is 1. The van der Waals surface area contributed by atoms with E-state index in [1.165, 1.54) is 6.07 Å². The first-order chi connectivity index (χ1) is 13.8. The Morgan fingerprint density at radius 3 is 2.45 bits per heavy atom. The van der Waals surface area contributed by atoms with Gasteiger partial charge in [-0.2, -0.15) is 13.2 Å². The molecule has 2 aromatic rings. The molecule has 1 amide bonds. The van der Waals surface area contributed by atoms with E-state index in [-0.39, 0.29) is 37.1 Å². The number of hydrogen-bond acceptors (Lipinski definition) is 4. The van der Waals surface area contributed by atoms with Gasteiger partial charge in [0, 0.05) is 31.1 Å². The first kappa shape index (κ1) is 19.7. The van der Waals surface area contributed by atoms with Crippen LogP contribution in [0.15, 0.2) is 48.7 Å². The molecule has 2 aliphatic rings. The second-order valence-electron chi connectivity index (χ2n) is 7.70. The van der Waals surface area contributed by atoms with E-state index >= 15 is 0 Å². The summed E-state index contributed by atoms with van der Waals surface area (Å²) in [7, 11) is 0. The number of aromatic nitrogens is 1. The molecule has 2 atom stereocenters. The molecule has 2 bridgehead atoms. The van der Waals surface area contributed by atoms with E-state index in [2.05, 4.69) is 4.98 Å². The van der Waals surface area contributed by atoms with E-state index in [0.717, 1.165) is 17.8 Å². The lowest BCUT2D eigenvalue weighted by Gasteiger charge is -2.43. The SMILES string of the molecule is O=C(OCc1ccccc1)N1C2CCC1CC(O)(c1ccnc(C(F)(F)F)c1)C2. The second-order valence-corrected chi connectivity index (χ2v) is 7.70. The third-order valence-electron chi connectivity index (χ3n) is 5.77. The van der Waals surface area contributed by atoms with Gasteiger partial charge in [0.25, 0.3) is 0 Å². The van der Waals surface area contributed by atoms with Crippen molar-refractivity contribution < 1.29 is 27.8 Å². The minimum Gasteiger partial charge on any atom is -0.445 e. The van der Waals surface area contributed by atoms with E-state index in [1.807, 2.05) is 30.3 Å². The highest BCUT2D eigenvalue weighted by molar-refractivity contribution is 5.69. The fraction of sp³-hybridized carbons (Fsp3) is 0.429. The highest BCUT2D eigenvalue weighted by Gasteiger charge is 2.51. The summed E-state index contributed by atoms with van der Waals surface area (Å²) in [5.74, 6) is 0. The highest BCUT2D eigenvalue weighted by atomic mass is 19.4. The van der Waals surface area contributed by atoms with Crippen molar-refractivity contribution in [1.82, 2.24) is 9.88 Å². The predicted molar refractivity (Wildman–Crippen MR) is 97.6 cm³/mol. The Hall–Kier alpha value is -2.61. The second kappa shape index (κ2) is 7.33. The van der Waals surface area contributed by atoms with Gasteiger partial charge in [0.2, 0.25) is 0 Å². The lowest BCUT2D eigenvalue weighted by molar-refractivity contribution is -0.141. The summed E-state index contributed by atoms with van der Waals surface area (Å²) < 4.78 is 44.4. The largest absolute Gasteiger partial charge is 0.445 e. The Morgan fingerprint density at radius 1 is 1.17 bits per heavy atom. The van der Waals surface area contributed by atoms with Crippen molar-refractivity contribution >= 4 is 6.09 Å². The molecule has 1 aromatic heterocycles. The molecule has 5 nitrogen and oxygen atoms in total. The number of fused-ring (bicyclic) bond motifs is 2. The number of piperidine rings is 1. The molecule has 2 fully saturated rings. The van der Waals surface area contributed by atoms with Crippen LogP contribution < -0.4 is 0 Å². The van der Waals surface area contributed by atoms with Crippen LogP contribution in [-0.2, 0) is 23.1 Å². The molecule has 3 heterocycles. The van der Waals surface area contributed by atoms with Gasteiger partial charge in [-0.05, 0) is 36.1 Å². The average molecular weight is 406 g/mol. The van der Waals surface area contributed by atoms with Crippen LogP contribution >= 0.6 is 0 Å². The number of rotatable bonds is 3. The van der Waals surface area contributed by atoms with Gasteiger partial charge in [-0.15, -0.1) is 0 Å². The number of halogens is 3. The minimum absolute atomic E-state index is 0.152. The zero-order valence-corrected chi connectivity index (χ0v) is 15.6. The summed E-state index contributed by atoms with van der Waals surface area (Å²) in [4.78, 5) is 17.6. The molecule has 2 unspecified atom stereocenters. The molecule has 0 aliphatic carbocycles. The van der Waals surface area contributed by atoms with Gasteiger partial charge >= 0.3 is 12.3 Å². The van der Waals surface area contributed by atoms with Crippen molar-refractivity contribution in [3.05, 3.63) is 65.5 Å². The van der Waals surface area contributed by atoms with Crippen LogP contribution in [0.25, 0.3) is 0 Å². The first-order valence-corrected chi connectivity index (χ1v) is 9.51. The normalized spacial score (nSPS) is 26.4. The van der Waals surface area contributed by atoms with Crippen molar-refractivity contribution in [2.24, 2.45) is 0 Å². The van der Waals surface area contributed by atoms with E-state index < -0.39 is 23.6 Å². The molecule has 1 N–H and O–H groups in total. The number of carbonyl (C=O) groups is 1. The van der Waals surface area contributed by atoms with Crippen molar-refractivity contribution in [3.8, 4) is 0 Å². The van der Waals surface area contributed by atoms with Gasteiger partial charge < -0.3 is 14.7 Å². The summed E-state index contributed by atoms with van der Waals surface area (Å²) in [6.07, 6.45) is -2.24. The maximum atomic E-state index is 13.0. The fourth-order valence-corrected chi connectivity index (χ4v) is 4.43. The number of carbonyl (C=O) groups excluding carboxylic acids is 1. The molecule has 4 rings (SSSR count). The summed E-state index contributed by atoms with van der Waals surface area (Å²) in [6.45, 7) is 0.152. The quantitative estimate of drug-likeness (QED) is 0.828. The molecule has 0 spiro atoms. The van der Waals surface area contributed by atoms with Crippen molar-refractivity contribution in [3.63, 3.8) is 0 Å². The van der Waals surface area contributed by atoms with Gasteiger partial charge in [-0.25, -0.2) is 4.79 Å². The smallest absolute Gasteiger partial charge is 0.433 e. The van der Waals surface area contributed by atoms with Crippen LogP contribution in [0.2, 0.25) is 0 Å². The maximum Gasteiger partial charge on any atom is 0.433 e. The molecule has 1 aromatic carbocycles. The van der Waals surface area contributed by atoms with Crippen molar-refractivity contribution in [2.75, 3.05) is 0 Å². The molecule has 2 saturated heterocycles. The summed E-state index contributed by atoms with van der Waals surface area (Å²) in [5.41, 5.74) is -1.39. The third-order valence-corrected chi connectivity index (χ3v) is 5.77. The number of benzene rings is 1. The molecule has 2 aliphatic heterocycles. The van der Waals surface area contributed by atoms with Crippen LogP contribution in [0, 0.1) is 0 Å². The third kappa shape index (κ3) is 3.94. The zero-order valence-electron chi connectivity index (χ0n) is 15.6. The van der Waals surface area contributed by atoms with Gasteiger partial charge in [0.05, 0.1) is 5.60 Å². The lowest BCUT2D eigenvalue weighted by Crippen LogP contribution is -2.52. The van der Waals surface area contributed by atoms with Gasteiger partial charge in [0.15, 0.2) is 0 Å². The monoisotopic (exact) mass is 406 g/mol. The molecular weight excluding hydrogens is 385 g/mol. The fourth-order valence-electron chi connectivity index (χ4n) is 4.43. The highest BCUT2D eigenvalue weighted by Crippen LogP contribution is 2.46. The van der Waals surface area contributed by atoms with E-state index in [0.29, 0.717) is 12.8 Å². The maximum absolute atomic E-state index is 13.0. The van der Waals surface area contributed by atoms with Crippen LogP contribution in [-0.4, -0.2) is 33.2 Å². The molecule has 0 saturated carbocycles. The van der Waals surface area contributed by atoms with Gasteiger partial charge in [0.1, 0.15) is 12.3 Å². The standard InChI is InChI=1S/C21H21F3N2O3/c22-21(23,24)18-10-15(8-9-25-18)20(28)11-16-6-7-17(12-20)26(16)19(27)29-13-14-4-2-1-3-5-14/h1-5,8-10,16-17,28H,6-7,11-13H2. The lowest BCUT2D eigenvalue weighted by atomic mass is 9.80. The van der Waals surface area contributed by atoms with Crippen molar-refractivity contribution in [1.29, 1.82) is 0 Å². The van der Waals surface area contributed by atoms with E-state index in [4.69, 9.17) is 4.74 Å². The summed E-state index contributed by atoms with van der Waals surface area (Å²) in [5, 5.41) is 11.1. The zero-order chi connectivity index (χ0) is 20.6. The van der Waals surface area contributed by atoms with Crippen LogP contribution in [0.3, 0.4) is 0 Å². The minimum atomic E-state index is -4.58. The molecule has 0 radical (unpaired) electrons. The Kier molecular flexibility index (Phi) is 4.98. The van der Waals surface area contributed by atoms with Gasteiger partial charge in [-0.3, -0.25) is 4.98 Å². The van der Waals surface area contributed by atoms with Crippen LogP contribution in [0.1, 0.15) is 42.5 Å². The molecule has 29 heavy (non-hydrogen) atoms. The molecule has 154 valence electrons. The summed E-state index contributed by atoms with van der Waals surface area (Å²) >= 11 is 0. The number of ether oxygens (including phenoxy) is 1. The Labute approximate surface area is 166 Å². The number of alkyl halides is 3. The number of hydrogen-bond donors (Lipinski definition) is 1. The number of amides is 1. The van der Waals surface area contributed by atoms with Crippen LogP contribution in [0.5, 0.6) is 0 Å².